The van der Waals surface area contributed by atoms with Gasteiger partial charge in [0.05, 0.1) is 6.10 Å². The number of fused-ring (bicyclic) bond motifs is 1. The molecular formula is C18H18O. The maximum Gasteiger partial charge on any atom is 0.0646 e. The number of hydrogen-bond acceptors (Lipinski definition) is 1. The van der Waals surface area contributed by atoms with Gasteiger partial charge in [0.2, 0.25) is 0 Å². The summed E-state index contributed by atoms with van der Waals surface area (Å²) in [6.07, 6.45) is 2.03. The molecule has 0 radical (unpaired) electrons. The van der Waals surface area contributed by atoms with E-state index < -0.39 is 0 Å². The lowest BCUT2D eigenvalue weighted by Gasteiger charge is -2.34. The van der Waals surface area contributed by atoms with E-state index >= 15 is 0 Å². The highest BCUT2D eigenvalue weighted by molar-refractivity contribution is 5.42. The van der Waals surface area contributed by atoms with Gasteiger partial charge in [-0.15, -0.1) is 0 Å². The van der Waals surface area contributed by atoms with Crippen molar-refractivity contribution >= 4 is 0 Å². The van der Waals surface area contributed by atoms with Crippen molar-refractivity contribution in [3.63, 3.8) is 0 Å². The van der Waals surface area contributed by atoms with Crippen LogP contribution in [0.5, 0.6) is 0 Å². The highest BCUT2D eigenvalue weighted by atomic mass is 16.3. The molecule has 2 aliphatic carbocycles. The molecule has 0 amide bonds. The average molecular weight is 250 g/mol. The summed E-state index contributed by atoms with van der Waals surface area (Å²) in [5, 5.41) is 10.6. The molecule has 1 N–H and O–H groups in total. The molecule has 2 aliphatic rings. The summed E-state index contributed by atoms with van der Waals surface area (Å²) in [5.41, 5.74) is 4.18. The second-order valence-electron chi connectivity index (χ2n) is 5.92. The standard InChI is InChI=1S/C18H18O/c19-18(16-10-13-8-4-5-9-14(13)16)17-11-15(17)12-6-2-1-3-7-12/h1-9,15-19H,10-11H2. The van der Waals surface area contributed by atoms with E-state index in [0.717, 1.165) is 12.8 Å². The monoisotopic (exact) mass is 250 g/mol. The fraction of sp³-hybridized carbons (Fsp3) is 0.333. The summed E-state index contributed by atoms with van der Waals surface area (Å²) in [4.78, 5) is 0. The first-order valence-electron chi connectivity index (χ1n) is 7.15. The Bertz CT molecular complexity index is 590. The van der Waals surface area contributed by atoms with E-state index in [0.29, 0.717) is 17.8 Å². The van der Waals surface area contributed by atoms with Crippen LogP contribution in [0.15, 0.2) is 54.6 Å². The smallest absolute Gasteiger partial charge is 0.0646 e. The molecule has 4 unspecified atom stereocenters. The van der Waals surface area contributed by atoms with Crippen LogP contribution in [0.4, 0.5) is 0 Å². The molecule has 0 aliphatic heterocycles. The largest absolute Gasteiger partial charge is 0.392 e. The van der Waals surface area contributed by atoms with Crippen LogP contribution in [0.3, 0.4) is 0 Å². The van der Waals surface area contributed by atoms with Crippen molar-refractivity contribution in [3.05, 3.63) is 71.3 Å². The Morgan fingerprint density at radius 1 is 0.947 bits per heavy atom. The molecule has 0 bridgehead atoms. The van der Waals surface area contributed by atoms with E-state index in [1.54, 1.807) is 0 Å². The van der Waals surface area contributed by atoms with E-state index in [2.05, 4.69) is 54.6 Å². The van der Waals surface area contributed by atoms with E-state index in [4.69, 9.17) is 0 Å². The minimum absolute atomic E-state index is 0.167. The van der Waals surface area contributed by atoms with E-state index in [-0.39, 0.29) is 6.10 Å². The first-order chi connectivity index (χ1) is 9.34. The van der Waals surface area contributed by atoms with Crippen molar-refractivity contribution in [1.29, 1.82) is 0 Å². The fourth-order valence-electron chi connectivity index (χ4n) is 3.58. The molecule has 19 heavy (non-hydrogen) atoms. The highest BCUT2D eigenvalue weighted by Crippen LogP contribution is 2.54. The van der Waals surface area contributed by atoms with Gasteiger partial charge in [-0.1, -0.05) is 54.6 Å². The van der Waals surface area contributed by atoms with Gasteiger partial charge in [-0.25, -0.2) is 0 Å². The Morgan fingerprint density at radius 2 is 1.68 bits per heavy atom. The second-order valence-corrected chi connectivity index (χ2v) is 5.92. The van der Waals surface area contributed by atoms with Crippen LogP contribution in [0, 0.1) is 5.92 Å². The molecule has 2 aromatic rings. The van der Waals surface area contributed by atoms with Crippen LogP contribution in [0.2, 0.25) is 0 Å². The maximum atomic E-state index is 10.6. The van der Waals surface area contributed by atoms with Crippen molar-refractivity contribution < 1.29 is 5.11 Å². The van der Waals surface area contributed by atoms with E-state index in [1.807, 2.05) is 0 Å². The van der Waals surface area contributed by atoms with Crippen LogP contribution >= 0.6 is 0 Å². The van der Waals surface area contributed by atoms with Crippen molar-refractivity contribution in [1.82, 2.24) is 0 Å². The molecule has 2 aromatic carbocycles. The molecule has 4 rings (SSSR count). The quantitative estimate of drug-likeness (QED) is 0.884. The lowest BCUT2D eigenvalue weighted by atomic mass is 9.73. The van der Waals surface area contributed by atoms with Crippen molar-refractivity contribution in [2.24, 2.45) is 5.92 Å². The third-order valence-corrected chi connectivity index (χ3v) is 4.81. The minimum Gasteiger partial charge on any atom is -0.392 e. The zero-order chi connectivity index (χ0) is 12.8. The predicted octanol–water partition coefficient (Wildman–Crippen LogP) is 3.49. The predicted molar refractivity (Wildman–Crippen MR) is 76.2 cm³/mol. The van der Waals surface area contributed by atoms with Gasteiger partial charge in [0.15, 0.2) is 0 Å². The summed E-state index contributed by atoms with van der Waals surface area (Å²) in [6, 6.07) is 19.1. The Balaban J connectivity index is 1.49. The highest BCUT2D eigenvalue weighted by Gasteiger charge is 2.48. The SMILES string of the molecule is OC(C1Cc2ccccc21)C1CC1c1ccccc1. The summed E-state index contributed by atoms with van der Waals surface area (Å²) in [7, 11) is 0. The van der Waals surface area contributed by atoms with Gasteiger partial charge in [0.25, 0.3) is 0 Å². The lowest BCUT2D eigenvalue weighted by molar-refractivity contribution is 0.109. The van der Waals surface area contributed by atoms with Crippen molar-refractivity contribution in [3.8, 4) is 0 Å². The van der Waals surface area contributed by atoms with E-state index in [9.17, 15) is 5.11 Å². The fourth-order valence-corrected chi connectivity index (χ4v) is 3.58. The summed E-state index contributed by atoms with van der Waals surface area (Å²) in [6.45, 7) is 0. The van der Waals surface area contributed by atoms with Crippen molar-refractivity contribution in [2.75, 3.05) is 0 Å². The molecule has 1 saturated carbocycles. The van der Waals surface area contributed by atoms with Crippen LogP contribution in [-0.4, -0.2) is 11.2 Å². The minimum atomic E-state index is -0.167. The zero-order valence-electron chi connectivity index (χ0n) is 10.9. The molecule has 4 atom stereocenters. The van der Waals surface area contributed by atoms with Gasteiger partial charge >= 0.3 is 0 Å². The Morgan fingerprint density at radius 3 is 2.47 bits per heavy atom. The van der Waals surface area contributed by atoms with Gasteiger partial charge in [0, 0.05) is 5.92 Å². The molecule has 1 fully saturated rings. The lowest BCUT2D eigenvalue weighted by Crippen LogP contribution is -2.30. The third kappa shape index (κ3) is 1.81. The van der Waals surface area contributed by atoms with Crippen LogP contribution in [-0.2, 0) is 6.42 Å². The molecule has 0 heterocycles. The molecule has 1 nitrogen and oxygen atoms in total. The normalized spacial score (nSPS) is 29.2. The number of benzene rings is 2. The van der Waals surface area contributed by atoms with Gasteiger partial charge in [-0.3, -0.25) is 0 Å². The second kappa shape index (κ2) is 4.21. The first-order valence-corrected chi connectivity index (χ1v) is 7.15. The summed E-state index contributed by atoms with van der Waals surface area (Å²) >= 11 is 0. The van der Waals surface area contributed by atoms with E-state index in [1.165, 1.54) is 16.7 Å². The first kappa shape index (κ1) is 11.2. The molecule has 0 saturated heterocycles. The molecule has 1 heteroatoms. The number of hydrogen-bond donors (Lipinski definition) is 1. The Hall–Kier alpha value is -1.60. The van der Waals surface area contributed by atoms with Crippen LogP contribution in [0.1, 0.15) is 34.9 Å². The summed E-state index contributed by atoms with van der Waals surface area (Å²) < 4.78 is 0. The molecular weight excluding hydrogens is 232 g/mol. The molecule has 96 valence electrons. The number of rotatable bonds is 3. The summed E-state index contributed by atoms with van der Waals surface area (Å²) in [5.74, 6) is 1.40. The average Bonchev–Trinajstić information content (AvgIpc) is 3.21. The zero-order valence-corrected chi connectivity index (χ0v) is 10.9. The number of aliphatic hydroxyl groups excluding tert-OH is 1. The van der Waals surface area contributed by atoms with Crippen molar-refractivity contribution in [2.45, 2.75) is 30.8 Å². The van der Waals surface area contributed by atoms with Crippen LogP contribution in [0.25, 0.3) is 0 Å². The Labute approximate surface area is 113 Å². The van der Waals surface area contributed by atoms with Gasteiger partial charge in [0.1, 0.15) is 0 Å². The number of aliphatic hydroxyl groups is 1. The maximum absolute atomic E-state index is 10.6. The molecule has 0 aromatic heterocycles. The van der Waals surface area contributed by atoms with Gasteiger partial charge in [-0.2, -0.15) is 0 Å². The van der Waals surface area contributed by atoms with Gasteiger partial charge < -0.3 is 5.11 Å². The van der Waals surface area contributed by atoms with Crippen LogP contribution < -0.4 is 0 Å². The topological polar surface area (TPSA) is 20.2 Å². The molecule has 0 spiro atoms. The van der Waals surface area contributed by atoms with Gasteiger partial charge in [-0.05, 0) is 41.4 Å². The third-order valence-electron chi connectivity index (χ3n) is 4.81. The Kier molecular flexibility index (Phi) is 2.49.